The van der Waals surface area contributed by atoms with Crippen LogP contribution in [-0.2, 0) is 17.9 Å². The Kier molecular flexibility index (Phi) is 6.86. The summed E-state index contributed by atoms with van der Waals surface area (Å²) in [7, 11) is 0. The van der Waals surface area contributed by atoms with Gasteiger partial charge in [-0.3, -0.25) is 4.79 Å². The van der Waals surface area contributed by atoms with E-state index in [-0.39, 0.29) is 5.91 Å². The number of amides is 1. The van der Waals surface area contributed by atoms with Gasteiger partial charge in [-0.25, -0.2) is 4.98 Å². The van der Waals surface area contributed by atoms with E-state index >= 15 is 0 Å². The summed E-state index contributed by atoms with van der Waals surface area (Å²) in [5.74, 6) is 2.11. The van der Waals surface area contributed by atoms with Gasteiger partial charge in [0.05, 0.1) is 5.75 Å². The van der Waals surface area contributed by atoms with E-state index in [0.717, 1.165) is 47.6 Å². The summed E-state index contributed by atoms with van der Waals surface area (Å²) in [5, 5.41) is 12.5. The molecule has 2 aromatic heterocycles. The van der Waals surface area contributed by atoms with E-state index in [4.69, 9.17) is 0 Å². The number of benzene rings is 1. The van der Waals surface area contributed by atoms with Gasteiger partial charge in [-0.05, 0) is 50.5 Å². The molecular formula is C23H28N6OS. The van der Waals surface area contributed by atoms with E-state index in [2.05, 4.69) is 62.0 Å². The lowest BCUT2D eigenvalue weighted by Gasteiger charge is -2.17. The lowest BCUT2D eigenvalue weighted by atomic mass is 10.1. The number of rotatable bonds is 8. The van der Waals surface area contributed by atoms with Gasteiger partial charge in [0.25, 0.3) is 0 Å². The lowest BCUT2D eigenvalue weighted by Crippen LogP contribution is -2.25. The molecule has 3 heterocycles. The number of nitrogens with one attached hydrogen (secondary N) is 1. The maximum absolute atomic E-state index is 12.4. The molecular weight excluding hydrogens is 408 g/mol. The van der Waals surface area contributed by atoms with Gasteiger partial charge in [0.1, 0.15) is 5.82 Å². The molecule has 0 unspecified atom stereocenters. The van der Waals surface area contributed by atoms with Gasteiger partial charge < -0.3 is 14.8 Å². The van der Waals surface area contributed by atoms with Crippen LogP contribution in [0.25, 0.3) is 11.4 Å². The molecule has 1 aliphatic rings. The van der Waals surface area contributed by atoms with E-state index in [9.17, 15) is 4.79 Å². The van der Waals surface area contributed by atoms with E-state index < -0.39 is 0 Å². The number of carbonyl (C=O) groups is 1. The smallest absolute Gasteiger partial charge is 0.230 e. The molecule has 31 heavy (non-hydrogen) atoms. The van der Waals surface area contributed by atoms with Crippen molar-refractivity contribution in [2.24, 2.45) is 0 Å². The Hall–Kier alpha value is -2.87. The molecule has 1 aliphatic heterocycles. The third-order valence-electron chi connectivity index (χ3n) is 5.37. The van der Waals surface area contributed by atoms with Crippen LogP contribution in [0.4, 0.5) is 5.82 Å². The first-order chi connectivity index (χ1) is 15.1. The number of carbonyl (C=O) groups excluding carboxylic acids is 1. The molecule has 1 N–H and O–H groups in total. The standard InChI is InChI=1S/C23H28N6OS/c1-3-29-22(19-8-6-7-17(2)13-19)26-27-23(29)31-16-21(30)25-15-18-9-10-24-20(14-18)28-11-4-5-12-28/h6-10,13-14H,3-5,11-12,15-16H2,1-2H3,(H,25,30). The predicted molar refractivity (Wildman–Crippen MR) is 124 cm³/mol. The summed E-state index contributed by atoms with van der Waals surface area (Å²) < 4.78 is 2.05. The van der Waals surface area contributed by atoms with E-state index in [1.165, 1.54) is 30.2 Å². The summed E-state index contributed by atoms with van der Waals surface area (Å²) in [4.78, 5) is 19.2. The monoisotopic (exact) mass is 436 g/mol. The summed E-state index contributed by atoms with van der Waals surface area (Å²) in [6.07, 6.45) is 4.25. The van der Waals surface area contributed by atoms with Crippen LogP contribution in [0.5, 0.6) is 0 Å². The van der Waals surface area contributed by atoms with Crippen molar-refractivity contribution in [2.75, 3.05) is 23.7 Å². The molecule has 4 rings (SSSR count). The summed E-state index contributed by atoms with van der Waals surface area (Å²) >= 11 is 1.41. The van der Waals surface area contributed by atoms with Crippen molar-refractivity contribution >= 4 is 23.5 Å². The number of hydrogen-bond donors (Lipinski definition) is 1. The Morgan fingerprint density at radius 2 is 2.00 bits per heavy atom. The van der Waals surface area contributed by atoms with E-state index in [1.807, 2.05) is 24.4 Å². The van der Waals surface area contributed by atoms with Gasteiger partial charge in [0, 0.05) is 37.9 Å². The third kappa shape index (κ3) is 5.25. The number of nitrogens with zero attached hydrogens (tertiary/aromatic N) is 5. The summed E-state index contributed by atoms with van der Waals surface area (Å²) in [5.41, 5.74) is 3.28. The Morgan fingerprint density at radius 3 is 2.77 bits per heavy atom. The number of pyridine rings is 1. The second-order valence-corrected chi connectivity index (χ2v) is 8.64. The largest absolute Gasteiger partial charge is 0.357 e. The minimum atomic E-state index is -0.0210. The highest BCUT2D eigenvalue weighted by Crippen LogP contribution is 2.24. The van der Waals surface area contributed by atoms with Crippen molar-refractivity contribution in [3.8, 4) is 11.4 Å². The maximum atomic E-state index is 12.4. The summed E-state index contributed by atoms with van der Waals surface area (Å²) in [6.45, 7) is 7.49. The van der Waals surface area contributed by atoms with Gasteiger partial charge in [0.15, 0.2) is 11.0 Å². The average molecular weight is 437 g/mol. The molecule has 0 saturated carbocycles. The zero-order chi connectivity index (χ0) is 21.6. The van der Waals surface area contributed by atoms with Gasteiger partial charge in [-0.15, -0.1) is 10.2 Å². The molecule has 0 atom stereocenters. The Morgan fingerprint density at radius 1 is 1.16 bits per heavy atom. The third-order valence-corrected chi connectivity index (χ3v) is 6.34. The first-order valence-corrected chi connectivity index (χ1v) is 11.7. The second-order valence-electron chi connectivity index (χ2n) is 7.70. The molecule has 3 aromatic rings. The van der Waals surface area contributed by atoms with Gasteiger partial charge in [-0.2, -0.15) is 0 Å². The van der Waals surface area contributed by atoms with Gasteiger partial charge >= 0.3 is 0 Å². The topological polar surface area (TPSA) is 75.9 Å². The first-order valence-electron chi connectivity index (χ1n) is 10.7. The molecule has 7 nitrogen and oxygen atoms in total. The van der Waals surface area contributed by atoms with Crippen molar-refractivity contribution in [3.63, 3.8) is 0 Å². The number of anilines is 1. The predicted octanol–water partition coefficient (Wildman–Crippen LogP) is 3.68. The molecule has 1 fully saturated rings. The average Bonchev–Trinajstić information content (AvgIpc) is 3.46. The van der Waals surface area contributed by atoms with Gasteiger partial charge in [0.2, 0.25) is 5.91 Å². The molecule has 8 heteroatoms. The van der Waals surface area contributed by atoms with Crippen molar-refractivity contribution in [1.82, 2.24) is 25.1 Å². The molecule has 1 saturated heterocycles. The first kappa shape index (κ1) is 21.4. The Labute approximate surface area is 187 Å². The minimum absolute atomic E-state index is 0.0210. The van der Waals surface area contributed by atoms with Crippen molar-refractivity contribution in [2.45, 2.75) is 44.9 Å². The SMILES string of the molecule is CCn1c(SCC(=O)NCc2ccnc(N3CCCC3)c2)nnc1-c1cccc(C)c1. The van der Waals surface area contributed by atoms with Crippen molar-refractivity contribution in [1.29, 1.82) is 0 Å². The van der Waals surface area contributed by atoms with Crippen LogP contribution in [0.15, 0.2) is 47.8 Å². The van der Waals surface area contributed by atoms with Crippen LogP contribution >= 0.6 is 11.8 Å². The molecule has 1 aromatic carbocycles. The number of hydrogen-bond acceptors (Lipinski definition) is 6. The van der Waals surface area contributed by atoms with Crippen LogP contribution in [0.1, 0.15) is 30.9 Å². The van der Waals surface area contributed by atoms with Crippen LogP contribution in [0.3, 0.4) is 0 Å². The molecule has 162 valence electrons. The molecule has 1 amide bonds. The highest BCUT2D eigenvalue weighted by molar-refractivity contribution is 7.99. The fourth-order valence-electron chi connectivity index (χ4n) is 3.75. The highest BCUT2D eigenvalue weighted by Gasteiger charge is 2.16. The van der Waals surface area contributed by atoms with Crippen LogP contribution < -0.4 is 10.2 Å². The quantitative estimate of drug-likeness (QED) is 0.543. The van der Waals surface area contributed by atoms with Crippen LogP contribution in [0.2, 0.25) is 0 Å². The van der Waals surface area contributed by atoms with Crippen molar-refractivity contribution in [3.05, 3.63) is 53.7 Å². The van der Waals surface area contributed by atoms with Crippen LogP contribution in [-0.4, -0.2) is 44.5 Å². The number of aryl methyl sites for hydroxylation is 1. The minimum Gasteiger partial charge on any atom is -0.357 e. The summed E-state index contributed by atoms with van der Waals surface area (Å²) in [6, 6.07) is 12.2. The number of thioether (sulfide) groups is 1. The maximum Gasteiger partial charge on any atom is 0.230 e. The fourth-order valence-corrected chi connectivity index (χ4v) is 4.58. The zero-order valence-electron chi connectivity index (χ0n) is 18.0. The molecule has 0 spiro atoms. The Bertz CT molecular complexity index is 1040. The molecule has 0 bridgehead atoms. The normalized spacial score (nSPS) is 13.5. The van der Waals surface area contributed by atoms with Crippen LogP contribution in [0, 0.1) is 6.92 Å². The highest BCUT2D eigenvalue weighted by atomic mass is 32.2. The lowest BCUT2D eigenvalue weighted by molar-refractivity contribution is -0.118. The zero-order valence-corrected chi connectivity index (χ0v) is 18.9. The van der Waals surface area contributed by atoms with Gasteiger partial charge in [-0.1, -0.05) is 35.5 Å². The number of aromatic nitrogens is 4. The van der Waals surface area contributed by atoms with E-state index in [0.29, 0.717) is 12.3 Å². The fraction of sp³-hybridized carbons (Fsp3) is 0.391. The molecule has 0 aliphatic carbocycles. The Balaban J connectivity index is 1.33. The second kappa shape index (κ2) is 9.96. The molecule has 0 radical (unpaired) electrons. The van der Waals surface area contributed by atoms with E-state index in [1.54, 1.807) is 0 Å². The van der Waals surface area contributed by atoms with Crippen molar-refractivity contribution < 1.29 is 4.79 Å².